The van der Waals surface area contributed by atoms with Crippen LogP contribution in [0.3, 0.4) is 0 Å². The molecule has 1 aromatic carbocycles. The Kier molecular flexibility index (Phi) is 5.97. The predicted octanol–water partition coefficient (Wildman–Crippen LogP) is 2.15. The van der Waals surface area contributed by atoms with Crippen molar-refractivity contribution in [2.75, 3.05) is 17.7 Å². The van der Waals surface area contributed by atoms with Crippen LogP contribution in [0.15, 0.2) is 35.6 Å². The Balaban J connectivity index is 1.60. The SMILES string of the molecule is CCOC(=O)c1ccc(NC(=O)CSc2ncnc3c2nnn3CC)cc1. The maximum Gasteiger partial charge on any atom is 0.338 e. The van der Waals surface area contributed by atoms with Crippen LogP contribution in [0.4, 0.5) is 5.69 Å². The summed E-state index contributed by atoms with van der Waals surface area (Å²) in [5, 5.41) is 11.5. The van der Waals surface area contributed by atoms with Gasteiger partial charge in [0, 0.05) is 12.2 Å². The lowest BCUT2D eigenvalue weighted by molar-refractivity contribution is -0.113. The zero-order valence-corrected chi connectivity index (χ0v) is 15.7. The molecule has 2 heterocycles. The monoisotopic (exact) mass is 386 g/mol. The second kappa shape index (κ2) is 8.58. The number of amides is 1. The normalized spacial score (nSPS) is 10.7. The molecule has 0 bridgehead atoms. The zero-order chi connectivity index (χ0) is 19.2. The first-order valence-electron chi connectivity index (χ1n) is 8.36. The molecule has 0 spiro atoms. The van der Waals surface area contributed by atoms with Crippen LogP contribution in [0.25, 0.3) is 11.2 Å². The lowest BCUT2D eigenvalue weighted by atomic mass is 10.2. The molecule has 0 unspecified atom stereocenters. The molecule has 0 aliphatic rings. The Morgan fingerprint density at radius 3 is 2.67 bits per heavy atom. The Hall–Kier alpha value is -3.01. The van der Waals surface area contributed by atoms with E-state index in [0.29, 0.717) is 40.6 Å². The van der Waals surface area contributed by atoms with Gasteiger partial charge in [-0.2, -0.15) is 0 Å². The second-order valence-electron chi connectivity index (χ2n) is 5.39. The first kappa shape index (κ1) is 18.8. The topological polar surface area (TPSA) is 112 Å². The number of rotatable bonds is 7. The summed E-state index contributed by atoms with van der Waals surface area (Å²) < 4.78 is 6.60. The number of nitrogens with one attached hydrogen (secondary N) is 1. The first-order valence-corrected chi connectivity index (χ1v) is 9.35. The lowest BCUT2D eigenvalue weighted by Gasteiger charge is -2.06. The summed E-state index contributed by atoms with van der Waals surface area (Å²) in [6.45, 7) is 4.67. The van der Waals surface area contributed by atoms with Crippen LogP contribution >= 0.6 is 11.8 Å². The van der Waals surface area contributed by atoms with E-state index in [-0.39, 0.29) is 17.6 Å². The molecule has 0 fully saturated rings. The lowest BCUT2D eigenvalue weighted by Crippen LogP contribution is -2.14. The van der Waals surface area contributed by atoms with Crippen LogP contribution in [0.2, 0.25) is 0 Å². The maximum absolute atomic E-state index is 12.2. The van der Waals surface area contributed by atoms with Gasteiger partial charge < -0.3 is 10.1 Å². The molecule has 0 saturated heterocycles. The van der Waals surface area contributed by atoms with Crippen molar-refractivity contribution < 1.29 is 14.3 Å². The summed E-state index contributed by atoms with van der Waals surface area (Å²) in [6.07, 6.45) is 1.44. The van der Waals surface area contributed by atoms with Gasteiger partial charge in [0.05, 0.1) is 17.9 Å². The van der Waals surface area contributed by atoms with Crippen molar-refractivity contribution in [3.63, 3.8) is 0 Å². The fraction of sp³-hybridized carbons (Fsp3) is 0.294. The van der Waals surface area contributed by atoms with E-state index in [1.807, 2.05) is 6.92 Å². The Labute approximate surface area is 159 Å². The quantitative estimate of drug-likeness (QED) is 0.373. The minimum Gasteiger partial charge on any atom is -0.462 e. The number of esters is 1. The molecule has 0 radical (unpaired) electrons. The van der Waals surface area contributed by atoms with Crippen molar-refractivity contribution in [2.24, 2.45) is 0 Å². The molecule has 2 aromatic heterocycles. The number of nitrogens with zero attached hydrogens (tertiary/aromatic N) is 5. The third-order valence-electron chi connectivity index (χ3n) is 3.59. The standard InChI is InChI=1S/C17H18N6O3S/c1-3-23-15-14(21-22-23)16(19-10-18-15)27-9-13(24)20-12-7-5-11(6-8-12)17(25)26-4-2/h5-8,10H,3-4,9H2,1-2H3,(H,20,24). The highest BCUT2D eigenvalue weighted by molar-refractivity contribution is 8.00. The number of carbonyl (C=O) groups is 2. The molecule has 9 nitrogen and oxygen atoms in total. The van der Waals surface area contributed by atoms with Gasteiger partial charge in [-0.15, -0.1) is 5.10 Å². The van der Waals surface area contributed by atoms with Gasteiger partial charge in [-0.25, -0.2) is 19.4 Å². The number of ether oxygens (including phenoxy) is 1. The molecule has 27 heavy (non-hydrogen) atoms. The smallest absolute Gasteiger partial charge is 0.338 e. The first-order chi connectivity index (χ1) is 13.1. The van der Waals surface area contributed by atoms with Crippen LogP contribution in [-0.4, -0.2) is 49.2 Å². The van der Waals surface area contributed by atoms with Crippen molar-refractivity contribution in [1.82, 2.24) is 25.0 Å². The van der Waals surface area contributed by atoms with E-state index in [2.05, 4.69) is 25.6 Å². The number of hydrogen-bond donors (Lipinski definition) is 1. The van der Waals surface area contributed by atoms with E-state index in [1.54, 1.807) is 35.9 Å². The van der Waals surface area contributed by atoms with Crippen molar-refractivity contribution in [1.29, 1.82) is 0 Å². The number of fused-ring (bicyclic) bond motifs is 1. The molecule has 3 aromatic rings. The minimum absolute atomic E-state index is 0.157. The van der Waals surface area contributed by atoms with Crippen molar-refractivity contribution in [3.8, 4) is 0 Å². The van der Waals surface area contributed by atoms with E-state index in [9.17, 15) is 9.59 Å². The van der Waals surface area contributed by atoms with E-state index in [0.717, 1.165) is 0 Å². The highest BCUT2D eigenvalue weighted by Gasteiger charge is 2.13. The Morgan fingerprint density at radius 2 is 1.96 bits per heavy atom. The molecule has 0 atom stereocenters. The maximum atomic E-state index is 12.2. The fourth-order valence-electron chi connectivity index (χ4n) is 2.33. The van der Waals surface area contributed by atoms with Crippen molar-refractivity contribution in [2.45, 2.75) is 25.4 Å². The number of hydrogen-bond acceptors (Lipinski definition) is 8. The fourth-order valence-corrected chi connectivity index (χ4v) is 3.06. The zero-order valence-electron chi connectivity index (χ0n) is 14.9. The van der Waals surface area contributed by atoms with E-state index < -0.39 is 0 Å². The number of aromatic nitrogens is 5. The van der Waals surface area contributed by atoms with Crippen LogP contribution in [0.5, 0.6) is 0 Å². The summed E-state index contributed by atoms with van der Waals surface area (Å²) in [7, 11) is 0. The molecule has 0 aliphatic heterocycles. The molecule has 10 heteroatoms. The number of carbonyl (C=O) groups excluding carboxylic acids is 2. The Morgan fingerprint density at radius 1 is 1.19 bits per heavy atom. The molecule has 0 aliphatic carbocycles. The van der Waals surface area contributed by atoms with Crippen molar-refractivity contribution in [3.05, 3.63) is 36.2 Å². The third-order valence-corrected chi connectivity index (χ3v) is 4.56. The molecule has 1 amide bonds. The van der Waals surface area contributed by atoms with Gasteiger partial charge in [0.2, 0.25) is 5.91 Å². The minimum atomic E-state index is -0.390. The predicted molar refractivity (Wildman–Crippen MR) is 101 cm³/mol. The van der Waals surface area contributed by atoms with Gasteiger partial charge in [-0.05, 0) is 38.1 Å². The van der Waals surface area contributed by atoms with E-state index in [4.69, 9.17) is 4.74 Å². The molecule has 3 rings (SSSR count). The van der Waals surface area contributed by atoms with Crippen molar-refractivity contribution >= 4 is 40.5 Å². The summed E-state index contributed by atoms with van der Waals surface area (Å²) in [6, 6.07) is 6.53. The van der Waals surface area contributed by atoms with Crippen LogP contribution in [-0.2, 0) is 16.1 Å². The van der Waals surface area contributed by atoms with Gasteiger partial charge >= 0.3 is 5.97 Å². The summed E-state index contributed by atoms with van der Waals surface area (Å²) in [4.78, 5) is 32.2. The van der Waals surface area contributed by atoms with Gasteiger partial charge in [0.1, 0.15) is 11.4 Å². The number of anilines is 1. The number of aryl methyl sites for hydroxylation is 1. The van der Waals surface area contributed by atoms with Crippen LogP contribution in [0, 0.1) is 0 Å². The molecular formula is C17H18N6O3S. The highest BCUT2D eigenvalue weighted by Crippen LogP contribution is 2.22. The number of thioether (sulfide) groups is 1. The largest absolute Gasteiger partial charge is 0.462 e. The van der Waals surface area contributed by atoms with E-state index in [1.165, 1.54) is 18.1 Å². The molecule has 1 N–H and O–H groups in total. The van der Waals surface area contributed by atoms with Gasteiger partial charge in [-0.3, -0.25) is 4.79 Å². The second-order valence-corrected chi connectivity index (χ2v) is 6.35. The molecule has 0 saturated carbocycles. The van der Waals surface area contributed by atoms with Gasteiger partial charge in [0.25, 0.3) is 0 Å². The summed E-state index contributed by atoms with van der Waals surface area (Å²) in [5.74, 6) is -0.428. The third kappa shape index (κ3) is 4.40. The molecule has 140 valence electrons. The van der Waals surface area contributed by atoms with Crippen LogP contribution in [0.1, 0.15) is 24.2 Å². The highest BCUT2D eigenvalue weighted by atomic mass is 32.2. The average Bonchev–Trinajstić information content (AvgIpc) is 3.11. The average molecular weight is 386 g/mol. The van der Waals surface area contributed by atoms with E-state index >= 15 is 0 Å². The Bertz CT molecular complexity index is 957. The summed E-state index contributed by atoms with van der Waals surface area (Å²) in [5.41, 5.74) is 2.26. The van der Waals surface area contributed by atoms with Gasteiger partial charge in [-0.1, -0.05) is 17.0 Å². The molecular weight excluding hydrogens is 368 g/mol. The van der Waals surface area contributed by atoms with Gasteiger partial charge in [0.15, 0.2) is 11.2 Å². The summed E-state index contributed by atoms with van der Waals surface area (Å²) >= 11 is 1.26. The number of benzene rings is 1. The van der Waals surface area contributed by atoms with Crippen LogP contribution < -0.4 is 5.32 Å².